The molecule has 0 amide bonds. The Balaban J connectivity index is 0.000000720. The first-order valence-electron chi connectivity index (χ1n) is 3.86. The molecule has 1 heterocycles. The van der Waals surface area contributed by atoms with E-state index in [1.807, 2.05) is 12.1 Å². The third-order valence-corrected chi connectivity index (χ3v) is 1.89. The fourth-order valence-corrected chi connectivity index (χ4v) is 1.46. The number of ether oxygens (including phenoxy) is 1. The summed E-state index contributed by atoms with van der Waals surface area (Å²) in [5, 5.41) is 0. The van der Waals surface area contributed by atoms with Gasteiger partial charge in [-0.3, -0.25) is 0 Å². The Morgan fingerprint density at radius 3 is 2.92 bits per heavy atom. The summed E-state index contributed by atoms with van der Waals surface area (Å²) in [7, 11) is 0. The van der Waals surface area contributed by atoms with E-state index >= 15 is 0 Å². The first kappa shape index (κ1) is 10.1. The van der Waals surface area contributed by atoms with Crippen LogP contribution in [0.1, 0.15) is 19.4 Å². The molecule has 1 nitrogen and oxygen atoms in total. The van der Waals surface area contributed by atoms with Crippen LogP contribution in [0.4, 0.5) is 0 Å². The summed E-state index contributed by atoms with van der Waals surface area (Å²) in [4.78, 5) is 0. The Bertz CT molecular complexity index is 254. The molecule has 12 heavy (non-hydrogen) atoms. The second kappa shape index (κ2) is 3.41. The van der Waals surface area contributed by atoms with Crippen LogP contribution in [0.3, 0.4) is 0 Å². The number of para-hydroxylation sites is 1. The number of benzene rings is 1. The molecule has 0 spiro atoms. The maximum absolute atomic E-state index is 5.64. The molecule has 1 aromatic carbocycles. The number of rotatable bonds is 0. The second-order valence-electron chi connectivity index (χ2n) is 3.56. The van der Waals surface area contributed by atoms with Crippen LogP contribution in [0, 0.1) is 6.07 Å². The van der Waals surface area contributed by atoms with Gasteiger partial charge in [-0.25, -0.2) is 0 Å². The van der Waals surface area contributed by atoms with E-state index in [0.29, 0.717) is 0 Å². The fourth-order valence-electron chi connectivity index (χ4n) is 1.46. The van der Waals surface area contributed by atoms with Crippen molar-refractivity contribution in [1.29, 1.82) is 0 Å². The molecule has 0 aromatic heterocycles. The summed E-state index contributed by atoms with van der Waals surface area (Å²) in [6.45, 7) is 4.20. The van der Waals surface area contributed by atoms with Gasteiger partial charge in [-0.1, -0.05) is 0 Å². The molecule has 1 aliphatic rings. The van der Waals surface area contributed by atoms with E-state index in [-0.39, 0.29) is 35.2 Å². The summed E-state index contributed by atoms with van der Waals surface area (Å²) < 4.78 is 5.64. The Kier molecular flexibility index (Phi) is 2.87. The van der Waals surface area contributed by atoms with Crippen LogP contribution in [-0.2, 0) is 6.42 Å². The van der Waals surface area contributed by atoms with Crippen molar-refractivity contribution in [1.82, 2.24) is 0 Å². The molecular weight excluding hydrogens is 159 g/mol. The molecule has 0 bridgehead atoms. The monoisotopic (exact) mass is 170 g/mol. The zero-order chi connectivity index (χ0) is 7.90. The van der Waals surface area contributed by atoms with Gasteiger partial charge in [0, 0.05) is 5.75 Å². The molecular formula is C10H11NaO. The van der Waals surface area contributed by atoms with Gasteiger partial charge in [0.1, 0.15) is 0 Å². The number of hydrogen-bond acceptors (Lipinski definition) is 1. The predicted molar refractivity (Wildman–Crippen MR) is 43.7 cm³/mol. The molecule has 0 aliphatic carbocycles. The van der Waals surface area contributed by atoms with E-state index in [0.717, 1.165) is 12.2 Å². The Hall–Kier alpha value is 0.0200. The van der Waals surface area contributed by atoms with Crippen LogP contribution in [0.5, 0.6) is 5.75 Å². The summed E-state index contributed by atoms with van der Waals surface area (Å²) in [5.74, 6) is 0.928. The van der Waals surface area contributed by atoms with Gasteiger partial charge in [0.05, 0.1) is 5.60 Å². The van der Waals surface area contributed by atoms with Crippen LogP contribution in [0.2, 0.25) is 0 Å². The van der Waals surface area contributed by atoms with Crippen LogP contribution in [0.25, 0.3) is 0 Å². The van der Waals surface area contributed by atoms with E-state index in [2.05, 4.69) is 26.0 Å². The standard InChI is InChI=1S/C10H11O.Na/c1-10(2)7-8-5-3-4-6-9(8)11-10;/h3-5H,7H2,1-2H3;/q-1;+1. The minimum Gasteiger partial charge on any atom is -0.514 e. The molecule has 0 saturated carbocycles. The molecule has 0 N–H and O–H groups in total. The van der Waals surface area contributed by atoms with Crippen LogP contribution < -0.4 is 34.3 Å². The zero-order valence-electron chi connectivity index (χ0n) is 7.85. The van der Waals surface area contributed by atoms with Crippen molar-refractivity contribution in [2.75, 3.05) is 0 Å². The number of hydrogen-bond donors (Lipinski definition) is 0. The molecule has 2 rings (SSSR count). The predicted octanol–water partition coefficient (Wildman–Crippen LogP) is -0.796. The van der Waals surface area contributed by atoms with Gasteiger partial charge < -0.3 is 4.74 Å². The molecule has 0 unspecified atom stereocenters. The van der Waals surface area contributed by atoms with Gasteiger partial charge in [-0.05, 0) is 20.3 Å². The van der Waals surface area contributed by atoms with E-state index in [1.165, 1.54) is 5.56 Å². The SMILES string of the molecule is CC1(C)Cc2ccc[c-]c2O1.[Na+]. The molecule has 2 heteroatoms. The van der Waals surface area contributed by atoms with Crippen molar-refractivity contribution in [3.8, 4) is 5.75 Å². The third kappa shape index (κ3) is 1.85. The van der Waals surface area contributed by atoms with E-state index < -0.39 is 0 Å². The minimum atomic E-state index is -0.0276. The first-order valence-corrected chi connectivity index (χ1v) is 3.86. The Morgan fingerprint density at radius 2 is 2.25 bits per heavy atom. The smallest absolute Gasteiger partial charge is 0.514 e. The fraction of sp³-hybridized carbons (Fsp3) is 0.400. The van der Waals surface area contributed by atoms with Crippen molar-refractivity contribution in [3.05, 3.63) is 29.8 Å². The van der Waals surface area contributed by atoms with Crippen molar-refractivity contribution in [2.45, 2.75) is 25.9 Å². The molecule has 0 atom stereocenters. The van der Waals surface area contributed by atoms with Gasteiger partial charge in [-0.15, -0.1) is 11.6 Å². The minimum absolute atomic E-state index is 0. The van der Waals surface area contributed by atoms with Gasteiger partial charge in [0.15, 0.2) is 0 Å². The number of fused-ring (bicyclic) bond motifs is 1. The van der Waals surface area contributed by atoms with E-state index in [4.69, 9.17) is 4.74 Å². The average Bonchev–Trinajstić information content (AvgIpc) is 2.21. The van der Waals surface area contributed by atoms with Gasteiger partial charge in [0.25, 0.3) is 0 Å². The van der Waals surface area contributed by atoms with Crippen molar-refractivity contribution in [2.24, 2.45) is 0 Å². The van der Waals surface area contributed by atoms with Crippen molar-refractivity contribution in [3.63, 3.8) is 0 Å². The molecule has 0 saturated heterocycles. The van der Waals surface area contributed by atoms with Crippen molar-refractivity contribution >= 4 is 0 Å². The summed E-state index contributed by atoms with van der Waals surface area (Å²) in [6.07, 6.45) is 1.000. The van der Waals surface area contributed by atoms with Crippen LogP contribution in [-0.4, -0.2) is 5.60 Å². The summed E-state index contributed by atoms with van der Waals surface area (Å²) in [5.41, 5.74) is 1.25. The molecule has 1 aliphatic heterocycles. The van der Waals surface area contributed by atoms with Crippen LogP contribution >= 0.6 is 0 Å². The van der Waals surface area contributed by atoms with Gasteiger partial charge in [-0.2, -0.15) is 18.2 Å². The summed E-state index contributed by atoms with van der Waals surface area (Å²) >= 11 is 0. The van der Waals surface area contributed by atoms with Gasteiger partial charge in [0.2, 0.25) is 0 Å². The summed E-state index contributed by atoms with van der Waals surface area (Å²) in [6, 6.07) is 9.07. The largest absolute Gasteiger partial charge is 1.00 e. The third-order valence-electron chi connectivity index (χ3n) is 1.89. The molecule has 0 radical (unpaired) electrons. The van der Waals surface area contributed by atoms with Crippen molar-refractivity contribution < 1.29 is 34.3 Å². The first-order chi connectivity index (χ1) is 5.17. The topological polar surface area (TPSA) is 9.23 Å². The zero-order valence-corrected chi connectivity index (χ0v) is 9.85. The molecule has 1 aromatic rings. The maximum Gasteiger partial charge on any atom is 1.00 e. The average molecular weight is 170 g/mol. The Labute approximate surface area is 95.4 Å². The normalized spacial score (nSPS) is 17.5. The van der Waals surface area contributed by atoms with E-state index in [9.17, 15) is 0 Å². The maximum atomic E-state index is 5.64. The Morgan fingerprint density at radius 1 is 1.50 bits per heavy atom. The van der Waals surface area contributed by atoms with E-state index in [1.54, 1.807) is 0 Å². The molecule has 58 valence electrons. The van der Waals surface area contributed by atoms with Gasteiger partial charge >= 0.3 is 29.6 Å². The second-order valence-corrected chi connectivity index (χ2v) is 3.56. The quantitative estimate of drug-likeness (QED) is 0.366. The molecule has 0 fully saturated rings. The van der Waals surface area contributed by atoms with Crippen LogP contribution in [0.15, 0.2) is 18.2 Å².